The van der Waals surface area contributed by atoms with Crippen LogP contribution in [-0.4, -0.2) is 23.5 Å². The molecular formula is C17H16ClNO4. The Balaban J connectivity index is 1.69. The van der Waals surface area contributed by atoms with Crippen molar-refractivity contribution < 1.29 is 19.1 Å². The Kier molecular flexibility index (Phi) is 4.13. The molecular weight excluding hydrogens is 318 g/mol. The number of carboxylic acids is 1. The first-order chi connectivity index (χ1) is 11.0. The largest absolute Gasteiger partial charge is 0.475 e. The molecule has 3 rings (SSSR count). The maximum Gasteiger partial charge on any atom is 0.371 e. The predicted octanol–water partition coefficient (Wildman–Crippen LogP) is 3.48. The van der Waals surface area contributed by atoms with Gasteiger partial charge >= 0.3 is 5.97 Å². The molecule has 1 aromatic heterocycles. The highest BCUT2D eigenvalue weighted by Gasteiger charge is 2.39. The lowest BCUT2D eigenvalue weighted by Crippen LogP contribution is -2.45. The second kappa shape index (κ2) is 6.08. The van der Waals surface area contributed by atoms with Crippen LogP contribution in [0.5, 0.6) is 0 Å². The number of carboxylic acid groups (broad SMARTS) is 1. The summed E-state index contributed by atoms with van der Waals surface area (Å²) < 4.78 is 5.02. The third-order valence-electron chi connectivity index (χ3n) is 4.40. The molecule has 0 atom stereocenters. The highest BCUT2D eigenvalue weighted by molar-refractivity contribution is 6.30. The average molecular weight is 334 g/mol. The Bertz CT molecular complexity index is 731. The van der Waals surface area contributed by atoms with Gasteiger partial charge < -0.3 is 14.8 Å². The molecule has 1 heterocycles. The lowest BCUT2D eigenvalue weighted by Gasteiger charge is -2.42. The number of amides is 1. The average Bonchev–Trinajstić information content (AvgIpc) is 2.98. The number of hydrogen-bond donors (Lipinski definition) is 2. The molecule has 120 valence electrons. The summed E-state index contributed by atoms with van der Waals surface area (Å²) in [5.74, 6) is -1.84. The van der Waals surface area contributed by atoms with Crippen LogP contribution in [-0.2, 0) is 5.41 Å². The molecule has 0 spiro atoms. The fourth-order valence-electron chi connectivity index (χ4n) is 2.89. The van der Waals surface area contributed by atoms with E-state index in [4.69, 9.17) is 21.1 Å². The van der Waals surface area contributed by atoms with Crippen molar-refractivity contribution in [1.82, 2.24) is 5.32 Å². The molecule has 1 saturated carbocycles. The van der Waals surface area contributed by atoms with Gasteiger partial charge in [0, 0.05) is 17.0 Å². The molecule has 1 fully saturated rings. The monoisotopic (exact) mass is 333 g/mol. The Labute approximate surface area is 138 Å². The minimum absolute atomic E-state index is 0.00739. The first-order valence-corrected chi connectivity index (χ1v) is 7.75. The predicted molar refractivity (Wildman–Crippen MR) is 85.0 cm³/mol. The van der Waals surface area contributed by atoms with Crippen molar-refractivity contribution in [3.8, 4) is 0 Å². The zero-order valence-corrected chi connectivity index (χ0v) is 13.1. The van der Waals surface area contributed by atoms with Crippen LogP contribution in [0.4, 0.5) is 0 Å². The number of benzene rings is 1. The van der Waals surface area contributed by atoms with Crippen molar-refractivity contribution in [3.05, 3.63) is 58.5 Å². The van der Waals surface area contributed by atoms with Gasteiger partial charge in [0.15, 0.2) is 5.76 Å². The lowest BCUT2D eigenvalue weighted by molar-refractivity contribution is 0.0659. The summed E-state index contributed by atoms with van der Waals surface area (Å²) in [7, 11) is 0. The molecule has 1 amide bonds. The van der Waals surface area contributed by atoms with Crippen molar-refractivity contribution in [2.75, 3.05) is 6.54 Å². The van der Waals surface area contributed by atoms with Crippen LogP contribution in [0.1, 0.15) is 45.9 Å². The summed E-state index contributed by atoms with van der Waals surface area (Å²) in [6, 6.07) is 10.3. The van der Waals surface area contributed by atoms with Crippen LogP contribution < -0.4 is 5.32 Å². The Morgan fingerprint density at radius 1 is 1.13 bits per heavy atom. The van der Waals surface area contributed by atoms with E-state index in [0.29, 0.717) is 11.6 Å². The standard InChI is InChI=1S/C17H16ClNO4/c18-12-4-2-11(3-5-12)17(8-1-9-17)10-19-15(20)13-6-7-14(23-13)16(21)22/h2-7H,1,8-10H2,(H,19,20)(H,21,22). The zero-order chi connectivity index (χ0) is 16.4. The topological polar surface area (TPSA) is 79.5 Å². The molecule has 0 unspecified atom stereocenters. The van der Waals surface area contributed by atoms with Gasteiger partial charge in [0.25, 0.3) is 5.91 Å². The van der Waals surface area contributed by atoms with E-state index < -0.39 is 11.9 Å². The number of furan rings is 1. The Morgan fingerprint density at radius 3 is 2.30 bits per heavy atom. The van der Waals surface area contributed by atoms with Gasteiger partial charge in [0.05, 0.1) is 0 Å². The Hall–Kier alpha value is -2.27. The van der Waals surface area contributed by atoms with E-state index in [2.05, 4.69) is 5.32 Å². The van der Waals surface area contributed by atoms with Crippen molar-refractivity contribution in [2.24, 2.45) is 0 Å². The third kappa shape index (κ3) is 3.10. The molecule has 1 aliphatic carbocycles. The van der Waals surface area contributed by atoms with Crippen LogP contribution >= 0.6 is 11.6 Å². The molecule has 1 aromatic carbocycles. The van der Waals surface area contributed by atoms with Crippen molar-refractivity contribution >= 4 is 23.5 Å². The Morgan fingerprint density at radius 2 is 1.78 bits per heavy atom. The number of carbonyl (C=O) groups is 2. The first kappa shape index (κ1) is 15.6. The van der Waals surface area contributed by atoms with E-state index in [1.165, 1.54) is 12.1 Å². The molecule has 23 heavy (non-hydrogen) atoms. The summed E-state index contributed by atoms with van der Waals surface area (Å²) >= 11 is 5.93. The number of aromatic carboxylic acids is 1. The summed E-state index contributed by atoms with van der Waals surface area (Å²) in [5.41, 5.74) is 1.07. The number of carbonyl (C=O) groups excluding carboxylic acids is 1. The number of halogens is 1. The van der Waals surface area contributed by atoms with Gasteiger partial charge in [-0.3, -0.25) is 4.79 Å². The molecule has 1 aliphatic rings. The highest BCUT2D eigenvalue weighted by Crippen LogP contribution is 2.43. The molecule has 5 nitrogen and oxygen atoms in total. The number of hydrogen-bond acceptors (Lipinski definition) is 3. The van der Waals surface area contributed by atoms with Gasteiger partial charge in [0.2, 0.25) is 5.76 Å². The van der Waals surface area contributed by atoms with Crippen LogP contribution in [0.3, 0.4) is 0 Å². The molecule has 6 heteroatoms. The SMILES string of the molecule is O=C(O)c1ccc(C(=O)NCC2(c3ccc(Cl)cc3)CCC2)o1. The minimum Gasteiger partial charge on any atom is -0.475 e. The zero-order valence-electron chi connectivity index (χ0n) is 12.3. The molecule has 0 radical (unpaired) electrons. The maximum absolute atomic E-state index is 12.1. The molecule has 0 saturated heterocycles. The van der Waals surface area contributed by atoms with E-state index in [-0.39, 0.29) is 16.9 Å². The van der Waals surface area contributed by atoms with Crippen LogP contribution in [0.15, 0.2) is 40.8 Å². The van der Waals surface area contributed by atoms with Gasteiger partial charge in [-0.1, -0.05) is 30.2 Å². The molecule has 2 aromatic rings. The number of nitrogens with one attached hydrogen (secondary N) is 1. The second-order valence-corrected chi connectivity index (χ2v) is 6.23. The van der Waals surface area contributed by atoms with Gasteiger partial charge in [-0.25, -0.2) is 4.79 Å². The van der Waals surface area contributed by atoms with E-state index >= 15 is 0 Å². The first-order valence-electron chi connectivity index (χ1n) is 7.38. The maximum atomic E-state index is 12.1. The van der Waals surface area contributed by atoms with Crippen LogP contribution in [0.25, 0.3) is 0 Å². The summed E-state index contributed by atoms with van der Waals surface area (Å²) in [6.07, 6.45) is 3.10. The summed E-state index contributed by atoms with van der Waals surface area (Å²) in [4.78, 5) is 22.9. The normalized spacial score (nSPS) is 15.7. The molecule has 0 aliphatic heterocycles. The van der Waals surface area contributed by atoms with Gasteiger partial charge in [-0.15, -0.1) is 0 Å². The lowest BCUT2D eigenvalue weighted by atomic mass is 9.64. The van der Waals surface area contributed by atoms with Gasteiger partial charge in [-0.05, 0) is 42.7 Å². The fourth-order valence-corrected chi connectivity index (χ4v) is 3.01. The van der Waals surface area contributed by atoms with Gasteiger partial charge in [-0.2, -0.15) is 0 Å². The van der Waals surface area contributed by atoms with Crippen molar-refractivity contribution in [3.63, 3.8) is 0 Å². The van der Waals surface area contributed by atoms with E-state index in [9.17, 15) is 9.59 Å². The molecule has 2 N–H and O–H groups in total. The molecule has 0 bridgehead atoms. The minimum atomic E-state index is -1.19. The van der Waals surface area contributed by atoms with E-state index in [1.54, 1.807) is 0 Å². The van der Waals surface area contributed by atoms with Gasteiger partial charge in [0.1, 0.15) is 0 Å². The van der Waals surface area contributed by atoms with Crippen LogP contribution in [0.2, 0.25) is 5.02 Å². The van der Waals surface area contributed by atoms with E-state index in [0.717, 1.165) is 24.8 Å². The van der Waals surface area contributed by atoms with E-state index in [1.807, 2.05) is 24.3 Å². The second-order valence-electron chi connectivity index (χ2n) is 5.79. The third-order valence-corrected chi connectivity index (χ3v) is 4.65. The van der Waals surface area contributed by atoms with Crippen molar-refractivity contribution in [2.45, 2.75) is 24.7 Å². The van der Waals surface area contributed by atoms with Crippen LogP contribution in [0, 0.1) is 0 Å². The number of rotatable bonds is 5. The fraction of sp³-hybridized carbons (Fsp3) is 0.294. The smallest absolute Gasteiger partial charge is 0.371 e. The summed E-state index contributed by atoms with van der Waals surface area (Å²) in [5, 5.41) is 12.4. The summed E-state index contributed by atoms with van der Waals surface area (Å²) in [6.45, 7) is 0.483. The van der Waals surface area contributed by atoms with Crippen molar-refractivity contribution in [1.29, 1.82) is 0 Å². The highest BCUT2D eigenvalue weighted by atomic mass is 35.5. The quantitative estimate of drug-likeness (QED) is 0.877.